The minimum atomic E-state index is -0.133. The van der Waals surface area contributed by atoms with Gasteiger partial charge in [-0.05, 0) is 31.5 Å². The Hall–Kier alpha value is -2.15. The van der Waals surface area contributed by atoms with Gasteiger partial charge in [-0.2, -0.15) is 0 Å². The minimum absolute atomic E-state index is 0.133. The standard InChI is InChI=1S/C12H17N5O2/c13-5-1-3-10-8-17(16-15-10)9-12(18)14-7-11-4-2-6-19-11/h2,4,6,8H,1,3,5,7,9,13H2,(H,14,18). The molecule has 2 aromatic rings. The zero-order valence-corrected chi connectivity index (χ0v) is 10.6. The second kappa shape index (κ2) is 6.69. The highest BCUT2D eigenvalue weighted by molar-refractivity contribution is 5.75. The molecule has 102 valence electrons. The van der Waals surface area contributed by atoms with Crippen LogP contribution in [0.2, 0.25) is 0 Å². The van der Waals surface area contributed by atoms with Crippen LogP contribution in [0.4, 0.5) is 0 Å². The van der Waals surface area contributed by atoms with Crippen molar-refractivity contribution >= 4 is 5.91 Å². The fourth-order valence-electron chi connectivity index (χ4n) is 1.62. The number of nitrogens with zero attached hydrogens (tertiary/aromatic N) is 3. The number of nitrogens with two attached hydrogens (primary N) is 1. The minimum Gasteiger partial charge on any atom is -0.467 e. The molecule has 0 aliphatic rings. The summed E-state index contributed by atoms with van der Waals surface area (Å²) in [5.41, 5.74) is 6.27. The van der Waals surface area contributed by atoms with Crippen LogP contribution >= 0.6 is 0 Å². The molecule has 7 heteroatoms. The van der Waals surface area contributed by atoms with Gasteiger partial charge < -0.3 is 15.5 Å². The number of carbonyl (C=O) groups excluding carboxylic acids is 1. The van der Waals surface area contributed by atoms with Gasteiger partial charge in [0.2, 0.25) is 5.91 Å². The molecule has 19 heavy (non-hydrogen) atoms. The maximum absolute atomic E-state index is 11.7. The summed E-state index contributed by atoms with van der Waals surface area (Å²) < 4.78 is 6.64. The van der Waals surface area contributed by atoms with Gasteiger partial charge in [-0.25, -0.2) is 4.68 Å². The molecule has 0 bridgehead atoms. The first kappa shape index (κ1) is 13.3. The summed E-state index contributed by atoms with van der Waals surface area (Å²) in [5, 5.41) is 10.6. The molecular weight excluding hydrogens is 246 g/mol. The van der Waals surface area contributed by atoms with Crippen LogP contribution in [0.25, 0.3) is 0 Å². The molecule has 2 aromatic heterocycles. The van der Waals surface area contributed by atoms with E-state index in [1.165, 1.54) is 4.68 Å². The topological polar surface area (TPSA) is 99.0 Å². The Labute approximate surface area is 110 Å². The number of hydrogen-bond acceptors (Lipinski definition) is 5. The van der Waals surface area contributed by atoms with E-state index >= 15 is 0 Å². The van der Waals surface area contributed by atoms with E-state index in [-0.39, 0.29) is 12.5 Å². The normalized spacial score (nSPS) is 10.6. The largest absolute Gasteiger partial charge is 0.467 e. The number of carbonyl (C=O) groups is 1. The lowest BCUT2D eigenvalue weighted by molar-refractivity contribution is -0.122. The molecule has 0 aromatic carbocycles. The second-order valence-corrected chi connectivity index (χ2v) is 4.16. The lowest BCUT2D eigenvalue weighted by atomic mass is 10.2. The molecule has 0 saturated heterocycles. The van der Waals surface area contributed by atoms with E-state index in [0.717, 1.165) is 24.3 Å². The summed E-state index contributed by atoms with van der Waals surface area (Å²) in [7, 11) is 0. The van der Waals surface area contributed by atoms with Crippen LogP contribution in [0.1, 0.15) is 17.9 Å². The second-order valence-electron chi connectivity index (χ2n) is 4.16. The molecule has 7 nitrogen and oxygen atoms in total. The van der Waals surface area contributed by atoms with Crippen molar-refractivity contribution in [3.8, 4) is 0 Å². The molecule has 0 unspecified atom stereocenters. The van der Waals surface area contributed by atoms with E-state index in [1.54, 1.807) is 24.6 Å². The number of nitrogens with one attached hydrogen (secondary N) is 1. The Morgan fingerprint density at radius 3 is 3.16 bits per heavy atom. The van der Waals surface area contributed by atoms with E-state index in [9.17, 15) is 4.79 Å². The molecule has 0 saturated carbocycles. The third-order valence-corrected chi connectivity index (χ3v) is 2.57. The lowest BCUT2D eigenvalue weighted by Gasteiger charge is -2.02. The van der Waals surface area contributed by atoms with Crippen LogP contribution in [0.15, 0.2) is 29.0 Å². The molecule has 0 aliphatic carbocycles. The van der Waals surface area contributed by atoms with E-state index in [2.05, 4.69) is 15.6 Å². The van der Waals surface area contributed by atoms with Crippen LogP contribution < -0.4 is 11.1 Å². The van der Waals surface area contributed by atoms with Crippen LogP contribution in [0.5, 0.6) is 0 Å². The molecule has 3 N–H and O–H groups in total. The molecule has 1 amide bonds. The van der Waals surface area contributed by atoms with E-state index in [4.69, 9.17) is 10.2 Å². The molecule has 0 fully saturated rings. The lowest BCUT2D eigenvalue weighted by Crippen LogP contribution is -2.27. The maximum atomic E-state index is 11.7. The zero-order chi connectivity index (χ0) is 13.5. The maximum Gasteiger partial charge on any atom is 0.242 e. The van der Waals surface area contributed by atoms with Crippen LogP contribution in [0.3, 0.4) is 0 Å². The smallest absolute Gasteiger partial charge is 0.242 e. The first-order valence-corrected chi connectivity index (χ1v) is 6.16. The summed E-state index contributed by atoms with van der Waals surface area (Å²) in [6.45, 7) is 1.15. The highest BCUT2D eigenvalue weighted by Crippen LogP contribution is 1.99. The van der Waals surface area contributed by atoms with E-state index in [0.29, 0.717) is 13.1 Å². The third-order valence-electron chi connectivity index (χ3n) is 2.57. The molecule has 0 spiro atoms. The zero-order valence-electron chi connectivity index (χ0n) is 10.6. The van der Waals surface area contributed by atoms with Gasteiger partial charge in [-0.15, -0.1) is 5.10 Å². The molecule has 0 radical (unpaired) electrons. The van der Waals surface area contributed by atoms with Gasteiger partial charge in [0.25, 0.3) is 0 Å². The van der Waals surface area contributed by atoms with E-state index < -0.39 is 0 Å². The number of aromatic nitrogens is 3. The van der Waals surface area contributed by atoms with Crippen molar-refractivity contribution in [2.75, 3.05) is 6.54 Å². The first-order valence-electron chi connectivity index (χ1n) is 6.16. The Bertz CT molecular complexity index is 506. The summed E-state index contributed by atoms with van der Waals surface area (Å²) in [4.78, 5) is 11.7. The summed E-state index contributed by atoms with van der Waals surface area (Å²) in [6.07, 6.45) is 4.98. The fourth-order valence-corrected chi connectivity index (χ4v) is 1.62. The average molecular weight is 263 g/mol. The highest BCUT2D eigenvalue weighted by Gasteiger charge is 2.06. The van der Waals surface area contributed by atoms with E-state index in [1.807, 2.05) is 0 Å². The van der Waals surface area contributed by atoms with Gasteiger partial charge in [0.05, 0.1) is 18.5 Å². The van der Waals surface area contributed by atoms with Gasteiger partial charge in [-0.3, -0.25) is 4.79 Å². The fraction of sp³-hybridized carbons (Fsp3) is 0.417. The van der Waals surface area contributed by atoms with Crippen molar-refractivity contribution < 1.29 is 9.21 Å². The number of aryl methyl sites for hydroxylation is 1. The van der Waals surface area contributed by atoms with Gasteiger partial charge in [-0.1, -0.05) is 5.21 Å². The van der Waals surface area contributed by atoms with Crippen molar-refractivity contribution in [1.29, 1.82) is 0 Å². The summed E-state index contributed by atoms with van der Waals surface area (Å²) in [6, 6.07) is 3.59. The third kappa shape index (κ3) is 4.22. The van der Waals surface area contributed by atoms with Crippen LogP contribution in [0, 0.1) is 0 Å². The number of amides is 1. The molecule has 0 atom stereocenters. The molecule has 2 rings (SSSR count). The van der Waals surface area contributed by atoms with Crippen molar-refractivity contribution in [1.82, 2.24) is 20.3 Å². The van der Waals surface area contributed by atoms with Crippen molar-refractivity contribution in [2.24, 2.45) is 5.73 Å². The number of hydrogen-bond donors (Lipinski definition) is 2. The molecule has 2 heterocycles. The van der Waals surface area contributed by atoms with Gasteiger partial charge in [0, 0.05) is 6.20 Å². The Morgan fingerprint density at radius 2 is 2.42 bits per heavy atom. The van der Waals surface area contributed by atoms with Gasteiger partial charge in [0.15, 0.2) is 0 Å². The number of rotatable bonds is 7. The summed E-state index contributed by atoms with van der Waals surface area (Å²) in [5.74, 6) is 0.585. The van der Waals surface area contributed by atoms with Gasteiger partial charge >= 0.3 is 0 Å². The summed E-state index contributed by atoms with van der Waals surface area (Å²) >= 11 is 0. The van der Waals surface area contributed by atoms with Gasteiger partial charge in [0.1, 0.15) is 12.3 Å². The predicted octanol–water partition coefficient (Wildman–Crippen LogP) is 0.0788. The first-order chi connectivity index (χ1) is 9.28. The quantitative estimate of drug-likeness (QED) is 0.737. The molecule has 0 aliphatic heterocycles. The van der Waals surface area contributed by atoms with Crippen LogP contribution in [-0.2, 0) is 24.3 Å². The predicted molar refractivity (Wildman–Crippen MR) is 68.0 cm³/mol. The Morgan fingerprint density at radius 1 is 1.53 bits per heavy atom. The average Bonchev–Trinajstić information content (AvgIpc) is 3.05. The van der Waals surface area contributed by atoms with Crippen molar-refractivity contribution in [3.05, 3.63) is 36.0 Å². The Kier molecular flexibility index (Phi) is 4.68. The highest BCUT2D eigenvalue weighted by atomic mass is 16.3. The monoisotopic (exact) mass is 263 g/mol. The van der Waals surface area contributed by atoms with Crippen LogP contribution in [-0.4, -0.2) is 27.4 Å². The van der Waals surface area contributed by atoms with Crippen molar-refractivity contribution in [3.63, 3.8) is 0 Å². The SMILES string of the molecule is NCCCc1cn(CC(=O)NCc2ccco2)nn1. The van der Waals surface area contributed by atoms with Crippen molar-refractivity contribution in [2.45, 2.75) is 25.9 Å². The number of furan rings is 1. The molecular formula is C12H17N5O2. The Balaban J connectivity index is 1.76.